The van der Waals surface area contributed by atoms with E-state index in [4.69, 9.17) is 12.2 Å². The largest absolute Gasteiger partial charge is 0.384 e. The van der Waals surface area contributed by atoms with Gasteiger partial charge in [0.1, 0.15) is 6.10 Å². The van der Waals surface area contributed by atoms with Crippen LogP contribution in [0.25, 0.3) is 0 Å². The van der Waals surface area contributed by atoms with Crippen molar-refractivity contribution in [3.05, 3.63) is 65.2 Å². The van der Waals surface area contributed by atoms with Gasteiger partial charge in [-0.05, 0) is 32.1 Å². The topological polar surface area (TPSA) is 44.3 Å². The molecule has 0 aliphatic heterocycles. The molecule has 0 fully saturated rings. The molecule has 0 saturated heterocycles. The number of aryl methyl sites for hydroxylation is 1. The van der Waals surface area contributed by atoms with Crippen LogP contribution < -0.4 is 10.6 Å². The van der Waals surface area contributed by atoms with E-state index in [2.05, 4.69) is 17.6 Å². The maximum Gasteiger partial charge on any atom is 0.106 e. The van der Waals surface area contributed by atoms with Crippen molar-refractivity contribution in [1.82, 2.24) is 5.32 Å². The molecule has 0 aliphatic rings. The molecule has 4 heteroatoms. The Balaban J connectivity index is 0.000000541. The average Bonchev–Trinajstić information content (AvgIpc) is 2.57. The minimum absolute atomic E-state index is 0.649. The van der Waals surface area contributed by atoms with Gasteiger partial charge in [-0.3, -0.25) is 0 Å². The second-order valence-electron chi connectivity index (χ2n) is 4.87. The van der Waals surface area contributed by atoms with Gasteiger partial charge in [0.15, 0.2) is 0 Å². The number of rotatable bonds is 5. The molecule has 0 bridgehead atoms. The average molecular weight is 316 g/mol. The molecular weight excluding hydrogens is 292 g/mol. The van der Waals surface area contributed by atoms with E-state index >= 15 is 0 Å². The van der Waals surface area contributed by atoms with Crippen LogP contribution in [0, 0.1) is 6.92 Å². The van der Waals surface area contributed by atoms with Gasteiger partial charge in [0, 0.05) is 11.3 Å². The highest BCUT2D eigenvalue weighted by Crippen LogP contribution is 2.28. The lowest BCUT2D eigenvalue weighted by Crippen LogP contribution is -2.05. The smallest absolute Gasteiger partial charge is 0.106 e. The fourth-order valence-corrected chi connectivity index (χ4v) is 2.05. The van der Waals surface area contributed by atoms with Gasteiger partial charge in [0.05, 0.1) is 5.49 Å². The van der Waals surface area contributed by atoms with Crippen molar-refractivity contribution in [3.8, 4) is 0 Å². The molecule has 118 valence electrons. The molecular formula is C18H24N2OS. The standard InChI is InChI=1S/C15H15NOS.C3H9N/c1-11-7-8-14(16-10-18)13(9-11)15(17)12-5-3-2-4-6-12;1-3-4-2/h2-10,15,17H,1H3,(H,16,18);4H,3H2,1-2H3. The van der Waals surface area contributed by atoms with E-state index in [9.17, 15) is 5.11 Å². The zero-order valence-electron chi connectivity index (χ0n) is 13.3. The van der Waals surface area contributed by atoms with Crippen LogP contribution in [-0.2, 0) is 0 Å². The van der Waals surface area contributed by atoms with Gasteiger partial charge >= 0.3 is 0 Å². The molecule has 1 unspecified atom stereocenters. The van der Waals surface area contributed by atoms with E-state index in [-0.39, 0.29) is 0 Å². The fourth-order valence-electron chi connectivity index (χ4n) is 1.92. The molecule has 2 aromatic rings. The number of hydrogen-bond donors (Lipinski definition) is 3. The molecule has 22 heavy (non-hydrogen) atoms. The highest BCUT2D eigenvalue weighted by molar-refractivity contribution is 7.79. The quantitative estimate of drug-likeness (QED) is 0.737. The summed E-state index contributed by atoms with van der Waals surface area (Å²) in [6, 6.07) is 15.5. The Morgan fingerprint density at radius 1 is 1.18 bits per heavy atom. The van der Waals surface area contributed by atoms with Crippen LogP contribution in [0.2, 0.25) is 0 Å². The predicted octanol–water partition coefficient (Wildman–Crippen LogP) is 3.67. The van der Waals surface area contributed by atoms with Crippen LogP contribution in [0.5, 0.6) is 0 Å². The summed E-state index contributed by atoms with van der Waals surface area (Å²) in [5, 5.41) is 16.4. The van der Waals surface area contributed by atoms with Crippen LogP contribution >= 0.6 is 12.2 Å². The summed E-state index contributed by atoms with van der Waals surface area (Å²) in [5.41, 5.74) is 5.10. The lowest BCUT2D eigenvalue weighted by atomic mass is 9.98. The van der Waals surface area contributed by atoms with Crippen LogP contribution in [-0.4, -0.2) is 24.2 Å². The first-order valence-corrected chi connectivity index (χ1v) is 7.79. The molecule has 1 atom stereocenters. The number of benzene rings is 2. The molecule has 2 rings (SSSR count). The highest BCUT2D eigenvalue weighted by atomic mass is 32.1. The lowest BCUT2D eigenvalue weighted by Gasteiger charge is -2.16. The van der Waals surface area contributed by atoms with Crippen molar-refractivity contribution in [3.63, 3.8) is 0 Å². The van der Waals surface area contributed by atoms with Gasteiger partial charge in [0.2, 0.25) is 0 Å². The summed E-state index contributed by atoms with van der Waals surface area (Å²) in [4.78, 5) is 0. The predicted molar refractivity (Wildman–Crippen MR) is 98.6 cm³/mol. The third kappa shape index (κ3) is 5.56. The summed E-state index contributed by atoms with van der Waals surface area (Å²) in [5.74, 6) is 0. The zero-order chi connectivity index (χ0) is 16.4. The first-order chi connectivity index (χ1) is 10.6. The minimum atomic E-state index is -0.649. The molecule has 0 heterocycles. The van der Waals surface area contributed by atoms with E-state index < -0.39 is 6.10 Å². The third-order valence-corrected chi connectivity index (χ3v) is 3.30. The van der Waals surface area contributed by atoms with E-state index in [0.717, 1.165) is 28.9 Å². The van der Waals surface area contributed by atoms with Gasteiger partial charge in [-0.25, -0.2) is 0 Å². The van der Waals surface area contributed by atoms with Gasteiger partial charge < -0.3 is 15.7 Å². The number of thiocarbonyl (C=S) groups is 1. The number of hydrogen-bond acceptors (Lipinski definition) is 3. The SMILES string of the molecule is CCNC.Cc1ccc(NC=S)c(C(O)c2ccccc2)c1. The van der Waals surface area contributed by atoms with Gasteiger partial charge in [-0.15, -0.1) is 0 Å². The molecule has 0 radical (unpaired) electrons. The Morgan fingerprint density at radius 3 is 2.36 bits per heavy atom. The van der Waals surface area contributed by atoms with Crippen LogP contribution in [0.15, 0.2) is 48.5 Å². The number of aliphatic hydroxyl groups excluding tert-OH is 1. The van der Waals surface area contributed by atoms with Crippen LogP contribution in [0.3, 0.4) is 0 Å². The van der Waals surface area contributed by atoms with Crippen LogP contribution in [0.1, 0.15) is 29.7 Å². The highest BCUT2D eigenvalue weighted by Gasteiger charge is 2.14. The van der Waals surface area contributed by atoms with Gasteiger partial charge in [0.25, 0.3) is 0 Å². The molecule has 0 spiro atoms. The summed E-state index contributed by atoms with van der Waals surface area (Å²) < 4.78 is 0. The molecule has 0 aliphatic carbocycles. The van der Waals surface area contributed by atoms with Crippen molar-refractivity contribution in [1.29, 1.82) is 0 Å². The summed E-state index contributed by atoms with van der Waals surface area (Å²) in [6.07, 6.45) is -0.649. The van der Waals surface area contributed by atoms with Crippen LogP contribution in [0.4, 0.5) is 5.69 Å². The Kier molecular flexibility index (Phi) is 8.36. The first kappa shape index (κ1) is 18.3. The Morgan fingerprint density at radius 2 is 1.82 bits per heavy atom. The second-order valence-corrected chi connectivity index (χ2v) is 5.11. The molecule has 2 aromatic carbocycles. The number of nitrogens with one attached hydrogen (secondary N) is 2. The molecule has 3 nitrogen and oxygen atoms in total. The Hall–Kier alpha value is -1.75. The van der Waals surface area contributed by atoms with Gasteiger partial charge in [-0.1, -0.05) is 67.2 Å². The molecule has 0 amide bonds. The Labute approximate surface area is 138 Å². The summed E-state index contributed by atoms with van der Waals surface area (Å²) in [7, 11) is 1.93. The normalized spacial score (nSPS) is 11.1. The Bertz CT molecular complexity index is 571. The summed E-state index contributed by atoms with van der Waals surface area (Å²) in [6.45, 7) is 5.14. The molecule has 0 aromatic heterocycles. The van der Waals surface area contributed by atoms with E-state index in [1.54, 1.807) is 0 Å². The summed E-state index contributed by atoms with van der Waals surface area (Å²) >= 11 is 4.81. The monoisotopic (exact) mass is 316 g/mol. The van der Waals surface area contributed by atoms with E-state index in [1.807, 2.05) is 62.5 Å². The fraction of sp³-hybridized carbons (Fsp3) is 0.278. The molecule has 0 saturated carbocycles. The van der Waals surface area contributed by atoms with Crippen molar-refractivity contribution in [2.75, 3.05) is 18.9 Å². The number of aliphatic hydroxyl groups is 1. The minimum Gasteiger partial charge on any atom is -0.384 e. The van der Waals surface area contributed by atoms with E-state index in [1.165, 1.54) is 5.49 Å². The zero-order valence-corrected chi connectivity index (χ0v) is 14.2. The van der Waals surface area contributed by atoms with E-state index in [0.29, 0.717) is 0 Å². The van der Waals surface area contributed by atoms with Gasteiger partial charge in [-0.2, -0.15) is 0 Å². The maximum absolute atomic E-state index is 10.4. The van der Waals surface area contributed by atoms with Crippen molar-refractivity contribution in [2.24, 2.45) is 0 Å². The van der Waals surface area contributed by atoms with Crippen molar-refractivity contribution < 1.29 is 5.11 Å². The molecule has 3 N–H and O–H groups in total. The third-order valence-electron chi connectivity index (χ3n) is 3.18. The first-order valence-electron chi connectivity index (χ1n) is 7.32. The lowest BCUT2D eigenvalue weighted by molar-refractivity contribution is 0.221. The number of anilines is 1. The van der Waals surface area contributed by atoms with Crippen molar-refractivity contribution >= 4 is 23.4 Å². The van der Waals surface area contributed by atoms with Crippen molar-refractivity contribution in [2.45, 2.75) is 20.0 Å². The second kappa shape index (κ2) is 10.1. The maximum atomic E-state index is 10.4.